The van der Waals surface area contributed by atoms with E-state index in [2.05, 4.69) is 5.18 Å². The van der Waals surface area contributed by atoms with Gasteiger partial charge in [-0.1, -0.05) is 0 Å². The van der Waals surface area contributed by atoms with Crippen molar-refractivity contribution in [1.82, 2.24) is 0 Å². The van der Waals surface area contributed by atoms with Crippen molar-refractivity contribution in [2.24, 2.45) is 5.18 Å². The van der Waals surface area contributed by atoms with Crippen molar-refractivity contribution in [1.29, 1.82) is 0 Å². The van der Waals surface area contributed by atoms with Gasteiger partial charge in [0.05, 0.1) is 7.05 Å². The maximum Gasteiger partial charge on any atom is 0.136 e. The quantitative estimate of drug-likeness (QED) is 0.691. The summed E-state index contributed by atoms with van der Waals surface area (Å²) < 4.78 is 0. The van der Waals surface area contributed by atoms with E-state index in [1.54, 1.807) is 7.05 Å². The highest BCUT2D eigenvalue weighted by molar-refractivity contribution is 5.72. The van der Waals surface area contributed by atoms with Crippen LogP contribution in [0.15, 0.2) is 29.4 Å². The maximum absolute atomic E-state index is 11.7. The van der Waals surface area contributed by atoms with Crippen LogP contribution in [0.1, 0.15) is 22.3 Å². The van der Waals surface area contributed by atoms with Crippen LogP contribution in [0, 0.1) is 37.8 Å². The van der Waals surface area contributed by atoms with Crippen LogP contribution in [0.25, 0.3) is 11.1 Å². The van der Waals surface area contributed by atoms with E-state index >= 15 is 0 Å². The second kappa shape index (κ2) is 5.76. The molecule has 0 saturated heterocycles. The van der Waals surface area contributed by atoms with Crippen LogP contribution in [0.3, 0.4) is 0 Å². The maximum atomic E-state index is 11.7. The summed E-state index contributed by atoms with van der Waals surface area (Å²) in [5, 5.41) is 14.8. The second-order valence-corrected chi connectivity index (χ2v) is 5.59. The minimum atomic E-state index is 0.0874. The molecule has 0 aromatic heterocycles. The summed E-state index contributed by atoms with van der Waals surface area (Å²) in [7, 11) is 1.59. The molecule has 0 saturated carbocycles. The molecule has 1 unspecified atom stereocenters. The molecule has 0 fully saturated rings. The van der Waals surface area contributed by atoms with Gasteiger partial charge < -0.3 is 10.3 Å². The van der Waals surface area contributed by atoms with E-state index in [1.807, 2.05) is 52.0 Å². The second-order valence-electron chi connectivity index (χ2n) is 5.59. The third-order valence-corrected chi connectivity index (χ3v) is 3.80. The number of hydrogen-bond acceptors (Lipinski definition) is 3. The third-order valence-electron chi connectivity index (χ3n) is 3.80. The van der Waals surface area contributed by atoms with Gasteiger partial charge in [-0.2, -0.15) is 0 Å². The van der Waals surface area contributed by atoms with Gasteiger partial charge in [0.1, 0.15) is 11.4 Å². The van der Waals surface area contributed by atoms with Crippen LogP contribution >= 0.6 is 0 Å². The fraction of sp³-hybridized carbons (Fsp3) is 0.294. The number of rotatable bonds is 3. The first-order valence-electron chi connectivity index (χ1n) is 6.92. The summed E-state index contributed by atoms with van der Waals surface area (Å²) >= 11 is 0. The Balaban J connectivity index is 2.61. The number of quaternary nitrogens is 1. The van der Waals surface area contributed by atoms with Crippen molar-refractivity contribution >= 4 is 11.4 Å². The van der Waals surface area contributed by atoms with E-state index in [9.17, 15) is 10.1 Å². The molecule has 0 bridgehead atoms. The number of nitroso groups, excluding NO2 is 1. The standard InChI is InChI=1S/C17H20N2O2/c1-10-6-14(7-11(2)16(10)18-20)15-8-12(3)17(19(5)21)13(4)9-15/h6-9,19H,1-5H3. The largest absolute Gasteiger partial charge is 0.629 e. The first-order chi connectivity index (χ1) is 9.85. The fourth-order valence-electron chi connectivity index (χ4n) is 2.95. The molecule has 4 heteroatoms. The van der Waals surface area contributed by atoms with Crippen LogP contribution < -0.4 is 5.06 Å². The van der Waals surface area contributed by atoms with Crippen molar-refractivity contribution in [2.75, 3.05) is 7.05 Å². The molecule has 0 radical (unpaired) electrons. The Morgan fingerprint density at radius 1 is 0.857 bits per heavy atom. The smallest absolute Gasteiger partial charge is 0.136 e. The predicted molar refractivity (Wildman–Crippen MR) is 86.2 cm³/mol. The van der Waals surface area contributed by atoms with Gasteiger partial charge in [-0.05, 0) is 79.4 Å². The summed E-state index contributed by atoms with van der Waals surface area (Å²) in [6, 6.07) is 7.97. The van der Waals surface area contributed by atoms with Gasteiger partial charge in [0, 0.05) is 11.1 Å². The van der Waals surface area contributed by atoms with Crippen LogP contribution in [-0.4, -0.2) is 7.05 Å². The van der Waals surface area contributed by atoms with Gasteiger partial charge in [0.25, 0.3) is 0 Å². The molecule has 0 aliphatic rings. The zero-order valence-electron chi connectivity index (χ0n) is 13.1. The Kier molecular flexibility index (Phi) is 4.21. The average Bonchev–Trinajstić information content (AvgIpc) is 2.36. The molecule has 0 spiro atoms. The van der Waals surface area contributed by atoms with E-state index in [4.69, 9.17) is 0 Å². The first-order valence-corrected chi connectivity index (χ1v) is 6.92. The Morgan fingerprint density at radius 2 is 1.24 bits per heavy atom. The third kappa shape index (κ3) is 2.86. The van der Waals surface area contributed by atoms with Crippen molar-refractivity contribution < 1.29 is 5.06 Å². The SMILES string of the molecule is Cc1cc(-c2cc(C)c([NH+](C)[O-])c(C)c2)cc(C)c1N=O. The van der Waals surface area contributed by atoms with Crippen LogP contribution in [0.2, 0.25) is 0 Å². The summed E-state index contributed by atoms with van der Waals surface area (Å²) in [5.74, 6) is 0. The Bertz CT molecular complexity index is 660. The molecule has 2 aromatic carbocycles. The van der Waals surface area contributed by atoms with Crippen molar-refractivity contribution in [2.45, 2.75) is 27.7 Å². The highest BCUT2D eigenvalue weighted by Crippen LogP contribution is 2.32. The molecular weight excluding hydrogens is 264 g/mol. The molecule has 110 valence electrons. The minimum absolute atomic E-state index is 0.0874. The molecule has 0 aliphatic carbocycles. The first kappa shape index (κ1) is 15.4. The lowest BCUT2D eigenvalue weighted by atomic mass is 9.95. The van der Waals surface area contributed by atoms with Gasteiger partial charge in [0.15, 0.2) is 0 Å². The fourth-order valence-corrected chi connectivity index (χ4v) is 2.95. The van der Waals surface area contributed by atoms with Crippen LogP contribution in [0.5, 0.6) is 0 Å². The molecule has 0 heterocycles. The lowest BCUT2D eigenvalue weighted by molar-refractivity contribution is -0.752. The average molecular weight is 284 g/mol. The Morgan fingerprint density at radius 3 is 1.57 bits per heavy atom. The highest BCUT2D eigenvalue weighted by atomic mass is 16.5. The molecule has 0 aliphatic heterocycles. The highest BCUT2D eigenvalue weighted by Gasteiger charge is 2.12. The van der Waals surface area contributed by atoms with E-state index < -0.39 is 0 Å². The normalized spacial score (nSPS) is 12.3. The summed E-state index contributed by atoms with van der Waals surface area (Å²) in [4.78, 5) is 10.8. The molecule has 4 nitrogen and oxygen atoms in total. The lowest BCUT2D eigenvalue weighted by Crippen LogP contribution is -2.98. The van der Waals surface area contributed by atoms with E-state index in [0.29, 0.717) is 5.69 Å². The topological polar surface area (TPSA) is 56.9 Å². The van der Waals surface area contributed by atoms with E-state index in [1.165, 1.54) is 0 Å². The van der Waals surface area contributed by atoms with Crippen LogP contribution in [-0.2, 0) is 0 Å². The molecule has 2 aromatic rings. The minimum Gasteiger partial charge on any atom is -0.629 e. The van der Waals surface area contributed by atoms with Gasteiger partial charge in [-0.25, -0.2) is 0 Å². The number of nitrogens with zero attached hydrogens (tertiary/aromatic N) is 1. The zero-order chi connectivity index (χ0) is 15.7. The Hall–Kier alpha value is -2.04. The van der Waals surface area contributed by atoms with Crippen LogP contribution in [0.4, 0.5) is 11.4 Å². The molecule has 1 N–H and O–H groups in total. The number of benzene rings is 2. The van der Waals surface area contributed by atoms with Crippen molar-refractivity contribution in [3.63, 3.8) is 0 Å². The molecule has 1 atom stereocenters. The number of hydrogen-bond donors (Lipinski definition) is 1. The molecule has 2 rings (SSSR count). The van der Waals surface area contributed by atoms with Gasteiger partial charge in [-0.3, -0.25) is 0 Å². The summed E-state index contributed by atoms with van der Waals surface area (Å²) in [6.07, 6.45) is 0. The Labute approximate surface area is 125 Å². The number of nitrogens with one attached hydrogen (secondary N) is 1. The van der Waals surface area contributed by atoms with Gasteiger partial charge in [-0.15, -0.1) is 4.91 Å². The number of aryl methyl sites for hydroxylation is 4. The van der Waals surface area contributed by atoms with Gasteiger partial charge >= 0.3 is 0 Å². The number of hydroxylamine groups is 1. The van der Waals surface area contributed by atoms with E-state index in [0.717, 1.165) is 39.1 Å². The van der Waals surface area contributed by atoms with Gasteiger partial charge in [0.2, 0.25) is 0 Å². The monoisotopic (exact) mass is 284 g/mol. The predicted octanol–water partition coefficient (Wildman–Crippen LogP) is 3.63. The summed E-state index contributed by atoms with van der Waals surface area (Å²) in [5.41, 5.74) is 7.08. The van der Waals surface area contributed by atoms with E-state index in [-0.39, 0.29) is 5.06 Å². The molecule has 0 amide bonds. The molecule has 21 heavy (non-hydrogen) atoms. The summed E-state index contributed by atoms with van der Waals surface area (Å²) in [6.45, 7) is 7.68. The van der Waals surface area contributed by atoms with Crippen molar-refractivity contribution in [3.05, 3.63) is 56.6 Å². The lowest BCUT2D eigenvalue weighted by Gasteiger charge is -2.21. The molecular formula is C17H20N2O2. The van der Waals surface area contributed by atoms with Crippen molar-refractivity contribution in [3.8, 4) is 11.1 Å². The zero-order valence-corrected chi connectivity index (χ0v) is 13.1.